The Balaban J connectivity index is 1.65. The number of carbonyl (C=O) groups is 5. The first kappa shape index (κ1) is 35.1. The van der Waals surface area contributed by atoms with Gasteiger partial charge in [-0.05, 0) is 61.1 Å². The number of aromatic nitrogens is 1. The molecule has 3 N–H and O–H groups in total. The van der Waals surface area contributed by atoms with Crippen LogP contribution in [0.1, 0.15) is 61.5 Å². The molecule has 1 heterocycles. The van der Waals surface area contributed by atoms with Crippen molar-refractivity contribution in [3.05, 3.63) is 95.8 Å². The highest BCUT2D eigenvalue weighted by molar-refractivity contribution is 7.89. The van der Waals surface area contributed by atoms with Crippen LogP contribution in [-0.4, -0.2) is 48.5 Å². The molecule has 45 heavy (non-hydrogen) atoms. The highest BCUT2D eigenvalue weighted by Crippen LogP contribution is 2.21. The van der Waals surface area contributed by atoms with Crippen molar-refractivity contribution in [3.63, 3.8) is 0 Å². The van der Waals surface area contributed by atoms with Gasteiger partial charge in [0.15, 0.2) is 17.3 Å². The summed E-state index contributed by atoms with van der Waals surface area (Å²) in [6, 6.07) is 17.3. The van der Waals surface area contributed by atoms with Crippen LogP contribution in [-0.2, 0) is 42.0 Å². The molecule has 3 rings (SSSR count). The number of hydrogen-bond acceptors (Lipinski definition) is 8. The molecular weight excluding hydrogens is 594 g/mol. The summed E-state index contributed by atoms with van der Waals surface area (Å²) in [5.74, 6) is -4.44. The predicted octanol–water partition coefficient (Wildman–Crippen LogP) is 3.67. The fraction of sp³-hybridized carbons (Fsp3) is 0.353. The van der Waals surface area contributed by atoms with E-state index in [0.29, 0.717) is 11.1 Å². The van der Waals surface area contributed by atoms with E-state index in [2.05, 4.69) is 10.3 Å². The maximum absolute atomic E-state index is 13.4. The molecule has 10 nitrogen and oxygen atoms in total. The van der Waals surface area contributed by atoms with E-state index in [-0.39, 0.29) is 48.7 Å². The van der Waals surface area contributed by atoms with E-state index in [0.717, 1.165) is 5.56 Å². The van der Waals surface area contributed by atoms with Gasteiger partial charge in [0.1, 0.15) is 0 Å². The Morgan fingerprint density at radius 3 is 2.11 bits per heavy atom. The summed E-state index contributed by atoms with van der Waals surface area (Å²) in [5.41, 5.74) is 1.82. The maximum Gasteiger partial charge on any atom is 0.238 e. The first-order chi connectivity index (χ1) is 21.3. The van der Waals surface area contributed by atoms with Crippen molar-refractivity contribution in [2.75, 3.05) is 0 Å². The molecule has 3 atom stereocenters. The topological polar surface area (TPSA) is 170 Å². The number of sulfonamides is 1. The molecule has 1 aromatic heterocycles. The number of pyridine rings is 1. The number of nitrogens with zero attached hydrogens (tertiary/aromatic N) is 1. The summed E-state index contributed by atoms with van der Waals surface area (Å²) < 4.78 is 23.3. The minimum atomic E-state index is -3.91. The van der Waals surface area contributed by atoms with E-state index in [9.17, 15) is 32.4 Å². The second kappa shape index (κ2) is 16.1. The summed E-state index contributed by atoms with van der Waals surface area (Å²) in [5, 5.41) is 7.90. The average Bonchev–Trinajstić information content (AvgIpc) is 3.02. The van der Waals surface area contributed by atoms with Gasteiger partial charge in [-0.2, -0.15) is 0 Å². The van der Waals surface area contributed by atoms with E-state index in [1.54, 1.807) is 32.0 Å². The van der Waals surface area contributed by atoms with Gasteiger partial charge in [-0.1, -0.05) is 56.3 Å². The lowest BCUT2D eigenvalue weighted by molar-refractivity contribution is -0.141. The third-order valence-corrected chi connectivity index (χ3v) is 8.59. The van der Waals surface area contributed by atoms with E-state index >= 15 is 0 Å². The summed E-state index contributed by atoms with van der Waals surface area (Å²) >= 11 is 0. The Bertz CT molecular complexity index is 1620. The van der Waals surface area contributed by atoms with Crippen LogP contribution in [0, 0.1) is 17.8 Å². The van der Waals surface area contributed by atoms with Crippen molar-refractivity contribution in [2.24, 2.45) is 22.9 Å². The number of Topliss-reactive ketones (excluding diaryl/α,β-unsaturated/α-hetero) is 4. The maximum atomic E-state index is 13.4. The first-order valence-electron chi connectivity index (χ1n) is 14.7. The zero-order valence-electron chi connectivity index (χ0n) is 25.6. The van der Waals surface area contributed by atoms with Crippen LogP contribution in [0.15, 0.2) is 84.0 Å². The van der Waals surface area contributed by atoms with Gasteiger partial charge in [0, 0.05) is 49.1 Å². The van der Waals surface area contributed by atoms with Crippen LogP contribution in [0.3, 0.4) is 0 Å². The number of aryl methyl sites for hydroxylation is 1. The van der Waals surface area contributed by atoms with Crippen LogP contribution < -0.4 is 10.5 Å². The van der Waals surface area contributed by atoms with Gasteiger partial charge >= 0.3 is 0 Å². The number of primary sulfonamides is 1. The highest BCUT2D eigenvalue weighted by atomic mass is 32.2. The van der Waals surface area contributed by atoms with Gasteiger partial charge in [-0.3, -0.25) is 29.0 Å². The molecule has 0 aliphatic heterocycles. The number of nitrogens with two attached hydrogens (primary N) is 1. The van der Waals surface area contributed by atoms with Crippen LogP contribution in [0.25, 0.3) is 0 Å². The monoisotopic (exact) mass is 633 g/mol. The number of rotatable bonds is 17. The van der Waals surface area contributed by atoms with Crippen LogP contribution in [0.5, 0.6) is 0 Å². The molecule has 0 unspecified atom stereocenters. The zero-order valence-corrected chi connectivity index (χ0v) is 26.5. The number of nitrogens with one attached hydrogen (secondary N) is 1. The molecule has 0 saturated heterocycles. The van der Waals surface area contributed by atoms with E-state index in [1.165, 1.54) is 37.5 Å². The third kappa shape index (κ3) is 10.6. The second-order valence-electron chi connectivity index (χ2n) is 11.5. The molecule has 0 fully saturated rings. The standard InChI is InChI=1S/C34H39N3O7S/c1-22(2)29(33(41)30(38)13-12-25-10-7-11-28(19-25)45(35,43)44)21-31(39)23(3)37-34(42)27(18-24-8-5-4-6-9-24)20-32(40)26-14-16-36-17-15-26/h4-11,14-17,19,22-23,27,29H,12-13,18,20-21H2,1-3H3,(H,37,42)(H2,35,43,44)/t23-,27+,29-/m0/s1. The highest BCUT2D eigenvalue weighted by Gasteiger charge is 2.32. The number of amides is 1. The van der Waals surface area contributed by atoms with Gasteiger partial charge in [0.2, 0.25) is 21.7 Å². The Hall–Kier alpha value is -4.35. The predicted molar refractivity (Wildman–Crippen MR) is 169 cm³/mol. The van der Waals surface area contributed by atoms with Gasteiger partial charge < -0.3 is 5.32 Å². The van der Waals surface area contributed by atoms with Gasteiger partial charge in [0.05, 0.1) is 10.9 Å². The largest absolute Gasteiger partial charge is 0.346 e. The van der Waals surface area contributed by atoms with Crippen molar-refractivity contribution in [3.8, 4) is 0 Å². The zero-order chi connectivity index (χ0) is 33.1. The van der Waals surface area contributed by atoms with Crippen molar-refractivity contribution in [1.29, 1.82) is 0 Å². The molecule has 0 radical (unpaired) electrons. The Kier molecular flexibility index (Phi) is 12.6. The number of ketones is 4. The normalized spacial score (nSPS) is 13.4. The van der Waals surface area contributed by atoms with E-state index < -0.39 is 51.2 Å². The molecule has 0 spiro atoms. The first-order valence-corrected chi connectivity index (χ1v) is 16.3. The van der Waals surface area contributed by atoms with E-state index in [1.807, 2.05) is 30.3 Å². The van der Waals surface area contributed by atoms with Gasteiger partial charge in [-0.15, -0.1) is 0 Å². The lowest BCUT2D eigenvalue weighted by Crippen LogP contribution is -2.44. The number of benzene rings is 2. The molecule has 3 aromatic rings. The number of carbonyl (C=O) groups excluding carboxylic acids is 5. The van der Waals surface area contributed by atoms with Crippen LogP contribution >= 0.6 is 0 Å². The molecule has 0 aliphatic rings. The van der Waals surface area contributed by atoms with E-state index in [4.69, 9.17) is 5.14 Å². The SMILES string of the molecule is CC(C)[C@H](CC(=O)[C@H](C)NC(=O)[C@@H](CC(=O)c1ccncc1)Cc1ccccc1)C(=O)C(=O)CCc1cccc(S(N)(=O)=O)c1. The Morgan fingerprint density at radius 1 is 0.844 bits per heavy atom. The Morgan fingerprint density at radius 2 is 1.49 bits per heavy atom. The molecule has 0 bridgehead atoms. The quantitative estimate of drug-likeness (QED) is 0.168. The third-order valence-electron chi connectivity index (χ3n) is 7.68. The summed E-state index contributed by atoms with van der Waals surface area (Å²) in [6.07, 6.45) is 2.93. The molecule has 2 aromatic carbocycles. The lowest BCUT2D eigenvalue weighted by Gasteiger charge is -2.23. The average molecular weight is 634 g/mol. The molecule has 11 heteroatoms. The minimum Gasteiger partial charge on any atom is -0.346 e. The molecule has 0 saturated carbocycles. The smallest absolute Gasteiger partial charge is 0.238 e. The number of hydrogen-bond donors (Lipinski definition) is 2. The van der Waals surface area contributed by atoms with Crippen molar-refractivity contribution < 1.29 is 32.4 Å². The molecule has 0 aliphatic carbocycles. The van der Waals surface area contributed by atoms with Crippen molar-refractivity contribution in [2.45, 2.75) is 63.8 Å². The summed E-state index contributed by atoms with van der Waals surface area (Å²) in [4.78, 5) is 69.4. The van der Waals surface area contributed by atoms with Crippen molar-refractivity contribution in [1.82, 2.24) is 10.3 Å². The fourth-order valence-electron chi connectivity index (χ4n) is 4.94. The lowest BCUT2D eigenvalue weighted by atomic mass is 9.83. The van der Waals surface area contributed by atoms with Crippen molar-refractivity contribution >= 4 is 39.1 Å². The van der Waals surface area contributed by atoms with Crippen LogP contribution in [0.2, 0.25) is 0 Å². The summed E-state index contributed by atoms with van der Waals surface area (Å²) in [6.45, 7) is 5.00. The molecular formula is C34H39N3O7S. The van der Waals surface area contributed by atoms with Gasteiger partial charge in [0.25, 0.3) is 0 Å². The minimum absolute atomic E-state index is 0.0760. The summed E-state index contributed by atoms with van der Waals surface area (Å²) in [7, 11) is -3.91. The Labute approximate surface area is 263 Å². The fourth-order valence-corrected chi connectivity index (χ4v) is 5.52. The van der Waals surface area contributed by atoms with Gasteiger partial charge in [-0.25, -0.2) is 13.6 Å². The van der Waals surface area contributed by atoms with Crippen LogP contribution in [0.4, 0.5) is 0 Å². The molecule has 1 amide bonds. The second-order valence-corrected chi connectivity index (χ2v) is 13.0. The molecule has 238 valence electrons.